The van der Waals surface area contributed by atoms with Gasteiger partial charge in [0.1, 0.15) is 17.2 Å². The summed E-state index contributed by atoms with van der Waals surface area (Å²) >= 11 is 0. The standard InChI is InChI=1S/C37H26N2O.C8H10.C7H8N2.C4H8.CH5N/c1-23-15-17-25(18-16-23)38-30-13-7-5-12-28(30)34-31(38)22-20-29-35-32(39(36(29)34)24-9-3-2-4-10-24)21-19-27-26-11-6-8-14-33(26)40-37(27)35;1-2-8-6-4-3-5-7-8;8-7(9)6-4-2-1-3-5-6;1-3-4-2;1-2/h2-22,32,35H,1H3;3-7H,2H2,1H3;1-5H,(H3,8,9);3-4H,1-2H3;2H2,1H3/b;;;4-3-;. The molecule has 0 saturated carbocycles. The Morgan fingerprint density at radius 2 is 1.24 bits per heavy atom. The molecule has 9 aromatic rings. The van der Waals surface area contributed by atoms with Gasteiger partial charge < -0.3 is 25.4 Å². The molecule has 7 aromatic carbocycles. The zero-order valence-electron chi connectivity index (χ0n) is 36.9. The van der Waals surface area contributed by atoms with Crippen LogP contribution in [0.4, 0.5) is 11.4 Å². The Morgan fingerprint density at radius 3 is 1.84 bits per heavy atom. The molecule has 5 N–H and O–H groups in total. The second kappa shape index (κ2) is 20.4. The van der Waals surface area contributed by atoms with Crippen LogP contribution in [0.5, 0.6) is 0 Å². The van der Waals surface area contributed by atoms with Crippen LogP contribution in [-0.4, -0.2) is 23.5 Å². The van der Waals surface area contributed by atoms with E-state index in [0.29, 0.717) is 0 Å². The molecule has 0 spiro atoms. The quantitative estimate of drug-likeness (QED) is 0.0935. The van der Waals surface area contributed by atoms with Crippen molar-refractivity contribution in [3.05, 3.63) is 228 Å². The van der Waals surface area contributed by atoms with Gasteiger partial charge >= 0.3 is 0 Å². The lowest BCUT2D eigenvalue weighted by Gasteiger charge is -2.30. The van der Waals surface area contributed by atoms with E-state index in [1.807, 2.05) is 62.4 Å². The van der Waals surface area contributed by atoms with Gasteiger partial charge in [-0.3, -0.25) is 5.41 Å². The first kappa shape index (κ1) is 43.7. The molecular weight excluding hydrogens is 771 g/mol. The normalized spacial score (nSPS) is 14.2. The molecule has 0 amide bonds. The maximum atomic E-state index is 7.01. The molecule has 6 nitrogen and oxygen atoms in total. The van der Waals surface area contributed by atoms with Crippen LogP contribution in [0, 0.1) is 12.3 Å². The summed E-state index contributed by atoms with van der Waals surface area (Å²) < 4.78 is 9.06. The fourth-order valence-corrected chi connectivity index (χ4v) is 8.42. The van der Waals surface area contributed by atoms with Gasteiger partial charge in [0.05, 0.1) is 28.7 Å². The van der Waals surface area contributed by atoms with Crippen molar-refractivity contribution in [2.75, 3.05) is 11.9 Å². The van der Waals surface area contributed by atoms with Crippen LogP contribution in [-0.2, 0) is 6.42 Å². The number of aromatic nitrogens is 1. The van der Waals surface area contributed by atoms with Gasteiger partial charge in [0.25, 0.3) is 0 Å². The third-order valence-corrected chi connectivity index (χ3v) is 11.5. The van der Waals surface area contributed by atoms with Gasteiger partial charge in [-0.15, -0.1) is 0 Å². The van der Waals surface area contributed by atoms with Crippen molar-refractivity contribution in [3.63, 3.8) is 0 Å². The summed E-state index contributed by atoms with van der Waals surface area (Å²) in [5, 5.41) is 10.8. The number of nitrogens with zero attached hydrogens (tertiary/aromatic N) is 2. The third-order valence-electron chi connectivity index (χ3n) is 11.5. The summed E-state index contributed by atoms with van der Waals surface area (Å²) in [6.07, 6.45) is 9.80. The average Bonchev–Trinajstić information content (AvgIpc) is 4.01. The number of fused-ring (bicyclic) bond motifs is 11. The fraction of sp³-hybridized carbons (Fsp3) is 0.140. The van der Waals surface area contributed by atoms with Gasteiger partial charge in [-0.25, -0.2) is 0 Å². The molecule has 3 heterocycles. The van der Waals surface area contributed by atoms with Crippen LogP contribution >= 0.6 is 0 Å². The topological polar surface area (TPSA) is 97.2 Å². The number of benzene rings is 7. The molecular formula is C57H57N5O. The number of furan rings is 1. The van der Waals surface area contributed by atoms with Gasteiger partial charge in [0, 0.05) is 38.7 Å². The van der Waals surface area contributed by atoms with Crippen molar-refractivity contribution in [1.82, 2.24) is 4.57 Å². The van der Waals surface area contributed by atoms with Crippen molar-refractivity contribution >= 4 is 56.1 Å². The molecule has 0 bridgehead atoms. The number of nitrogens with two attached hydrogens (primary N) is 2. The Kier molecular flexibility index (Phi) is 14.2. The van der Waals surface area contributed by atoms with E-state index in [0.717, 1.165) is 23.3 Å². The molecule has 0 saturated heterocycles. The lowest BCUT2D eigenvalue weighted by atomic mass is 9.85. The number of para-hydroxylation sites is 3. The van der Waals surface area contributed by atoms with Gasteiger partial charge in [-0.1, -0.05) is 170 Å². The van der Waals surface area contributed by atoms with E-state index in [9.17, 15) is 0 Å². The fourth-order valence-electron chi connectivity index (χ4n) is 8.42. The smallest absolute Gasteiger partial charge is 0.134 e. The molecule has 1 aliphatic carbocycles. The van der Waals surface area contributed by atoms with Crippen LogP contribution in [0.2, 0.25) is 0 Å². The largest absolute Gasteiger partial charge is 0.460 e. The summed E-state index contributed by atoms with van der Waals surface area (Å²) in [4.78, 5) is 2.54. The lowest BCUT2D eigenvalue weighted by Crippen LogP contribution is -2.30. The molecule has 11 rings (SSSR count). The maximum absolute atomic E-state index is 7.01. The van der Waals surface area contributed by atoms with Crippen LogP contribution in [0.15, 0.2) is 199 Å². The second-order valence-electron chi connectivity index (χ2n) is 15.3. The SMILES string of the molecule is C/C=C\C.CCc1ccccc1.CN.Cc1ccc(-n2c3ccccc3c3c4c(ccc32)C2c3oc5ccccc5c3C=CC2N4c2ccccc2)cc1.N=C(N)c1ccccc1. The molecule has 316 valence electrons. The number of nitrogens with one attached hydrogen (secondary N) is 1. The Hall–Kier alpha value is -7.41. The lowest BCUT2D eigenvalue weighted by molar-refractivity contribution is 0.505. The maximum Gasteiger partial charge on any atom is 0.134 e. The first-order chi connectivity index (χ1) is 30.9. The van der Waals surface area contributed by atoms with Crippen molar-refractivity contribution in [1.29, 1.82) is 5.41 Å². The molecule has 2 aromatic heterocycles. The van der Waals surface area contributed by atoms with E-state index in [1.54, 1.807) is 0 Å². The van der Waals surface area contributed by atoms with Gasteiger partial charge in [-0.05, 0) is 87.8 Å². The molecule has 2 atom stereocenters. The third kappa shape index (κ3) is 8.99. The predicted octanol–water partition coefficient (Wildman–Crippen LogP) is 13.9. The summed E-state index contributed by atoms with van der Waals surface area (Å²) in [5.74, 6) is 1.29. The minimum atomic E-state index is 0.105. The monoisotopic (exact) mass is 827 g/mol. The first-order valence-electron chi connectivity index (χ1n) is 21.7. The highest BCUT2D eigenvalue weighted by Gasteiger charge is 2.45. The highest BCUT2D eigenvalue weighted by molar-refractivity contribution is 6.17. The predicted molar refractivity (Wildman–Crippen MR) is 269 cm³/mol. The van der Waals surface area contributed by atoms with Gasteiger partial charge in [-0.2, -0.15) is 0 Å². The molecule has 63 heavy (non-hydrogen) atoms. The summed E-state index contributed by atoms with van der Waals surface area (Å²) in [6.45, 7) is 8.30. The Balaban J connectivity index is 0.000000213. The van der Waals surface area contributed by atoms with Crippen molar-refractivity contribution in [3.8, 4) is 5.69 Å². The second-order valence-corrected chi connectivity index (χ2v) is 15.3. The number of aryl methyl sites for hydroxylation is 2. The van der Waals surface area contributed by atoms with Crippen LogP contribution in [0.1, 0.15) is 60.3 Å². The minimum Gasteiger partial charge on any atom is -0.460 e. The molecule has 6 heteroatoms. The molecule has 0 radical (unpaired) electrons. The Morgan fingerprint density at radius 1 is 0.651 bits per heavy atom. The molecule has 2 aliphatic rings. The number of nitrogen functional groups attached to an aromatic ring is 1. The zero-order valence-corrected chi connectivity index (χ0v) is 36.9. The zero-order chi connectivity index (χ0) is 44.3. The number of rotatable bonds is 4. The number of hydrogen-bond donors (Lipinski definition) is 3. The Labute approximate surface area is 371 Å². The van der Waals surface area contributed by atoms with Crippen molar-refractivity contribution in [2.45, 2.75) is 46.1 Å². The van der Waals surface area contributed by atoms with Gasteiger partial charge in [0.15, 0.2) is 0 Å². The summed E-state index contributed by atoms with van der Waals surface area (Å²) in [7, 11) is 1.50. The molecule has 2 unspecified atom stereocenters. The van der Waals surface area contributed by atoms with Crippen LogP contribution in [0.3, 0.4) is 0 Å². The Bertz CT molecular complexity index is 2960. The summed E-state index contributed by atoms with van der Waals surface area (Å²) in [5.41, 5.74) is 22.7. The number of allylic oxidation sites excluding steroid dienone is 2. The average molecular weight is 828 g/mol. The van der Waals surface area contributed by atoms with Crippen LogP contribution < -0.4 is 16.4 Å². The van der Waals surface area contributed by atoms with E-state index >= 15 is 0 Å². The highest BCUT2D eigenvalue weighted by atomic mass is 16.3. The van der Waals surface area contributed by atoms with Crippen molar-refractivity contribution in [2.24, 2.45) is 11.5 Å². The first-order valence-corrected chi connectivity index (χ1v) is 21.7. The number of amidine groups is 1. The van der Waals surface area contributed by atoms with E-state index in [4.69, 9.17) is 15.6 Å². The summed E-state index contributed by atoms with van der Waals surface area (Å²) in [6, 6.07) is 61.4. The number of anilines is 2. The molecule has 0 fully saturated rings. The van der Waals surface area contributed by atoms with E-state index < -0.39 is 0 Å². The van der Waals surface area contributed by atoms with Crippen LogP contribution in [0.25, 0.3) is 44.5 Å². The van der Waals surface area contributed by atoms with E-state index in [1.165, 1.54) is 73.6 Å². The van der Waals surface area contributed by atoms with E-state index in [-0.39, 0.29) is 17.8 Å². The number of hydrogen-bond acceptors (Lipinski definition) is 4. The van der Waals surface area contributed by atoms with Crippen molar-refractivity contribution < 1.29 is 4.42 Å². The van der Waals surface area contributed by atoms with E-state index in [2.05, 4.69) is 181 Å². The van der Waals surface area contributed by atoms with Gasteiger partial charge in [0.2, 0.25) is 0 Å². The minimum absolute atomic E-state index is 0.105. The highest BCUT2D eigenvalue weighted by Crippen LogP contribution is 2.56. The molecule has 1 aliphatic heterocycles.